The molecule has 0 fully saturated rings. The highest BCUT2D eigenvalue weighted by Crippen LogP contribution is 2.28. The molecule has 0 saturated heterocycles. The summed E-state index contributed by atoms with van der Waals surface area (Å²) in [6, 6.07) is 15.6. The first-order valence-corrected chi connectivity index (χ1v) is 6.85. The maximum absolute atomic E-state index is 8.85. The minimum Gasteiger partial charge on any atom is -0.476 e. The van der Waals surface area contributed by atoms with Crippen LogP contribution in [0, 0.1) is 11.3 Å². The third-order valence-corrected chi connectivity index (χ3v) is 2.95. The first-order chi connectivity index (χ1) is 10.3. The summed E-state index contributed by atoms with van der Waals surface area (Å²) in [6.45, 7) is 2.95. The van der Waals surface area contributed by atoms with E-state index in [1.807, 2.05) is 48.2 Å². The van der Waals surface area contributed by atoms with Crippen molar-refractivity contribution in [3.63, 3.8) is 0 Å². The highest BCUT2D eigenvalue weighted by atomic mass is 16.5. The van der Waals surface area contributed by atoms with Crippen molar-refractivity contribution in [1.29, 1.82) is 5.26 Å². The van der Waals surface area contributed by atoms with Gasteiger partial charge in [0.2, 0.25) is 5.88 Å². The molecule has 0 atom stereocenters. The topological polar surface area (TPSA) is 75.2 Å². The van der Waals surface area contributed by atoms with Crippen molar-refractivity contribution in [3.8, 4) is 11.9 Å². The monoisotopic (exact) mass is 282 g/mol. The summed E-state index contributed by atoms with van der Waals surface area (Å²) in [7, 11) is 0. The summed E-state index contributed by atoms with van der Waals surface area (Å²) in [5, 5.41) is 8.85. The van der Waals surface area contributed by atoms with Gasteiger partial charge in [-0.25, -0.2) is 0 Å². The zero-order valence-electron chi connectivity index (χ0n) is 12.0. The van der Waals surface area contributed by atoms with Crippen molar-refractivity contribution < 1.29 is 4.74 Å². The highest BCUT2D eigenvalue weighted by molar-refractivity contribution is 5.63. The van der Waals surface area contributed by atoms with Gasteiger partial charge in [0.1, 0.15) is 5.82 Å². The molecular weight excluding hydrogens is 264 g/mol. The quantitative estimate of drug-likeness (QED) is 0.881. The van der Waals surface area contributed by atoms with Gasteiger partial charge in [-0.1, -0.05) is 18.2 Å². The van der Waals surface area contributed by atoms with E-state index in [1.54, 1.807) is 6.07 Å². The van der Waals surface area contributed by atoms with Crippen LogP contribution >= 0.6 is 0 Å². The number of hydrogen-bond acceptors (Lipinski definition) is 5. The maximum atomic E-state index is 8.85. The molecule has 0 aliphatic rings. The average Bonchev–Trinajstić information content (AvgIpc) is 2.52. The number of rotatable bonds is 6. The largest absolute Gasteiger partial charge is 0.476 e. The first kappa shape index (κ1) is 14.7. The van der Waals surface area contributed by atoms with Gasteiger partial charge in [0.05, 0.1) is 24.8 Å². The predicted octanol–water partition coefficient (Wildman–Crippen LogP) is 3.11. The first-order valence-electron chi connectivity index (χ1n) is 6.85. The van der Waals surface area contributed by atoms with Crippen LogP contribution in [0.15, 0.2) is 42.5 Å². The zero-order valence-corrected chi connectivity index (χ0v) is 12.0. The van der Waals surface area contributed by atoms with Crippen molar-refractivity contribution in [2.45, 2.75) is 13.3 Å². The van der Waals surface area contributed by atoms with E-state index >= 15 is 0 Å². The molecule has 0 bridgehead atoms. The van der Waals surface area contributed by atoms with Crippen molar-refractivity contribution in [2.24, 2.45) is 0 Å². The molecule has 2 N–H and O–H groups in total. The lowest BCUT2D eigenvalue weighted by atomic mass is 10.2. The second-order valence-corrected chi connectivity index (χ2v) is 4.39. The summed E-state index contributed by atoms with van der Waals surface area (Å²) in [5.74, 6) is 1.14. The van der Waals surface area contributed by atoms with E-state index in [1.165, 1.54) is 0 Å². The van der Waals surface area contributed by atoms with E-state index in [0.717, 1.165) is 5.69 Å². The van der Waals surface area contributed by atoms with Gasteiger partial charge >= 0.3 is 0 Å². The van der Waals surface area contributed by atoms with Gasteiger partial charge in [-0.3, -0.25) is 0 Å². The molecular formula is C16H18N4O. The van der Waals surface area contributed by atoms with Crippen LogP contribution < -0.4 is 15.4 Å². The molecule has 0 saturated carbocycles. The Morgan fingerprint density at radius 2 is 2.00 bits per heavy atom. The smallest absolute Gasteiger partial charge is 0.239 e. The molecule has 0 spiro atoms. The van der Waals surface area contributed by atoms with Crippen LogP contribution in [-0.4, -0.2) is 18.1 Å². The Hall–Kier alpha value is -2.74. The van der Waals surface area contributed by atoms with Gasteiger partial charge in [-0.05, 0) is 31.2 Å². The second kappa shape index (κ2) is 7.15. The number of para-hydroxylation sites is 1. The Balaban J connectivity index is 2.37. The Bertz CT molecular complexity index is 622. The van der Waals surface area contributed by atoms with Gasteiger partial charge in [0.15, 0.2) is 0 Å². The zero-order chi connectivity index (χ0) is 15.1. The summed E-state index contributed by atoms with van der Waals surface area (Å²) in [5.41, 5.74) is 7.34. The number of aromatic nitrogens is 1. The van der Waals surface area contributed by atoms with Gasteiger partial charge in [-0.15, -0.1) is 0 Å². The van der Waals surface area contributed by atoms with Crippen molar-refractivity contribution in [2.75, 3.05) is 23.8 Å². The fraction of sp³-hybridized carbons (Fsp3) is 0.250. The van der Waals surface area contributed by atoms with Crippen LogP contribution in [-0.2, 0) is 0 Å². The molecule has 2 rings (SSSR count). The normalized spacial score (nSPS) is 9.90. The number of nitrogens with zero attached hydrogens (tertiary/aromatic N) is 3. The standard InChI is InChI=1S/C16H18N4O/c1-2-21-16-14(18)9-10-15(19-16)20(12-6-11-17)13-7-4-3-5-8-13/h3-5,7-10H,2,6,12,18H2,1H3. The Morgan fingerprint density at radius 3 is 2.67 bits per heavy atom. The maximum Gasteiger partial charge on any atom is 0.239 e. The molecule has 2 aromatic rings. The van der Waals surface area contributed by atoms with E-state index in [9.17, 15) is 0 Å². The van der Waals surface area contributed by atoms with Gasteiger partial charge in [0, 0.05) is 12.2 Å². The third-order valence-electron chi connectivity index (χ3n) is 2.95. The van der Waals surface area contributed by atoms with E-state index in [2.05, 4.69) is 11.1 Å². The lowest BCUT2D eigenvalue weighted by molar-refractivity contribution is 0.329. The van der Waals surface area contributed by atoms with Gasteiger partial charge in [0.25, 0.3) is 0 Å². The number of nitrogen functional groups attached to an aromatic ring is 1. The molecule has 21 heavy (non-hydrogen) atoms. The van der Waals surface area contributed by atoms with E-state index in [0.29, 0.717) is 37.0 Å². The van der Waals surface area contributed by atoms with Crippen molar-refractivity contribution in [1.82, 2.24) is 4.98 Å². The number of nitrogens with two attached hydrogens (primary N) is 1. The molecule has 0 aliphatic heterocycles. The molecule has 0 unspecified atom stereocenters. The average molecular weight is 282 g/mol. The fourth-order valence-electron chi connectivity index (χ4n) is 1.99. The van der Waals surface area contributed by atoms with E-state index < -0.39 is 0 Å². The summed E-state index contributed by atoms with van der Waals surface area (Å²) in [4.78, 5) is 6.44. The second-order valence-electron chi connectivity index (χ2n) is 4.39. The molecule has 1 aromatic carbocycles. The SMILES string of the molecule is CCOc1nc(N(CCC#N)c2ccccc2)ccc1N. The Kier molecular flexibility index (Phi) is 4.99. The van der Waals surface area contributed by atoms with Crippen LogP contribution in [0.2, 0.25) is 0 Å². The van der Waals surface area contributed by atoms with Crippen LogP contribution in [0.25, 0.3) is 0 Å². The molecule has 5 heteroatoms. The number of benzene rings is 1. The summed E-state index contributed by atoms with van der Waals surface area (Å²) >= 11 is 0. The molecule has 0 aliphatic carbocycles. The Morgan fingerprint density at radius 1 is 1.24 bits per heavy atom. The number of nitriles is 1. The number of ether oxygens (including phenoxy) is 1. The molecule has 1 heterocycles. The highest BCUT2D eigenvalue weighted by Gasteiger charge is 2.12. The molecule has 0 radical (unpaired) electrons. The summed E-state index contributed by atoms with van der Waals surface area (Å²) < 4.78 is 5.44. The van der Waals surface area contributed by atoms with Crippen molar-refractivity contribution in [3.05, 3.63) is 42.5 Å². The Labute approximate surface area is 124 Å². The lowest BCUT2D eigenvalue weighted by Gasteiger charge is -2.23. The van der Waals surface area contributed by atoms with Crippen LogP contribution in [0.3, 0.4) is 0 Å². The lowest BCUT2D eigenvalue weighted by Crippen LogP contribution is -2.19. The molecule has 1 aromatic heterocycles. The van der Waals surface area contributed by atoms with Crippen LogP contribution in [0.5, 0.6) is 5.88 Å². The van der Waals surface area contributed by atoms with E-state index in [4.69, 9.17) is 15.7 Å². The fourth-order valence-corrected chi connectivity index (χ4v) is 1.99. The minimum absolute atomic E-state index is 0.408. The van der Waals surface area contributed by atoms with E-state index in [-0.39, 0.29) is 0 Å². The number of pyridine rings is 1. The molecule has 5 nitrogen and oxygen atoms in total. The molecule has 108 valence electrons. The minimum atomic E-state index is 0.408. The summed E-state index contributed by atoms with van der Waals surface area (Å²) in [6.07, 6.45) is 0.408. The van der Waals surface area contributed by atoms with Gasteiger partial charge in [-0.2, -0.15) is 10.2 Å². The number of hydrogen-bond donors (Lipinski definition) is 1. The van der Waals surface area contributed by atoms with Gasteiger partial charge < -0.3 is 15.4 Å². The molecule has 0 amide bonds. The van der Waals surface area contributed by atoms with Crippen molar-refractivity contribution >= 4 is 17.2 Å². The third kappa shape index (κ3) is 3.63. The van der Waals surface area contributed by atoms with Crippen LogP contribution in [0.1, 0.15) is 13.3 Å². The predicted molar refractivity (Wildman–Crippen MR) is 83.5 cm³/mol. The van der Waals surface area contributed by atoms with Crippen LogP contribution in [0.4, 0.5) is 17.2 Å². The number of anilines is 3.